The van der Waals surface area contributed by atoms with Crippen molar-refractivity contribution in [3.05, 3.63) is 120 Å². The number of carbonyl (C=O) groups excluding carboxylic acids is 4. The summed E-state index contributed by atoms with van der Waals surface area (Å²) < 4.78 is 23.1. The molecule has 4 aromatic rings. The molecule has 1 heterocycles. The van der Waals surface area contributed by atoms with Crippen LogP contribution in [0.3, 0.4) is 0 Å². The molecular weight excluding hydrogens is 616 g/mol. The van der Waals surface area contributed by atoms with Crippen LogP contribution in [-0.4, -0.2) is 63.1 Å². The Morgan fingerprint density at radius 2 is 0.812 bits per heavy atom. The molecule has 4 aromatic carbocycles. The second kappa shape index (κ2) is 16.9. The standard InChI is InChI=1S/C36H34N4O8/c41-33-23-47-29-15-5-1-11-25(29)35(43)37-19-20-38-36(44)26-12-2-6-16-30(26)48-24-34(42)40-28-14-4-8-18-32(28)46-22-10-9-21-45-31-17-7-3-13-27(31)39-33/h1-18H,19-24H2,(H,37,43)(H,38,44)(H,39,41)(H,40,42)/b10-9-. The average Bonchev–Trinajstić information content (AvgIpc) is 3.10. The fourth-order valence-electron chi connectivity index (χ4n) is 4.57. The van der Waals surface area contributed by atoms with E-state index >= 15 is 0 Å². The van der Waals surface area contributed by atoms with E-state index in [0.717, 1.165) is 0 Å². The molecule has 0 atom stereocenters. The van der Waals surface area contributed by atoms with Gasteiger partial charge in [0.1, 0.15) is 36.2 Å². The summed E-state index contributed by atoms with van der Waals surface area (Å²) in [5.41, 5.74) is 1.36. The van der Waals surface area contributed by atoms with Gasteiger partial charge in [0.2, 0.25) is 0 Å². The van der Waals surface area contributed by atoms with Crippen molar-refractivity contribution in [1.82, 2.24) is 10.6 Å². The Labute approximate surface area is 277 Å². The summed E-state index contributed by atoms with van der Waals surface area (Å²) >= 11 is 0. The second-order valence-electron chi connectivity index (χ2n) is 10.3. The number of carbonyl (C=O) groups is 4. The zero-order valence-electron chi connectivity index (χ0n) is 25.9. The fourth-order valence-corrected chi connectivity index (χ4v) is 4.57. The molecule has 4 N–H and O–H groups in total. The van der Waals surface area contributed by atoms with E-state index in [1.165, 1.54) is 0 Å². The Morgan fingerprint density at radius 1 is 0.438 bits per heavy atom. The molecule has 0 spiro atoms. The van der Waals surface area contributed by atoms with Gasteiger partial charge >= 0.3 is 0 Å². The summed E-state index contributed by atoms with van der Waals surface area (Å²) in [5, 5.41) is 11.0. The van der Waals surface area contributed by atoms with Gasteiger partial charge in [-0.2, -0.15) is 0 Å². The molecule has 0 fully saturated rings. The van der Waals surface area contributed by atoms with Gasteiger partial charge in [0, 0.05) is 13.1 Å². The van der Waals surface area contributed by atoms with Crippen LogP contribution in [0.15, 0.2) is 109 Å². The topological polar surface area (TPSA) is 153 Å². The SMILES string of the molecule is O=C1COc2ccccc2C(=O)NCCNC(=O)c2ccccc2OCC(=O)Nc2ccccc2OC/C=C\COc2ccccc2N1. The number of nitrogens with one attached hydrogen (secondary N) is 4. The van der Waals surface area contributed by atoms with Crippen LogP contribution in [0.4, 0.5) is 11.4 Å². The Balaban J connectivity index is 1.31. The number of anilines is 2. The molecule has 0 unspecified atom stereocenters. The summed E-state index contributed by atoms with van der Waals surface area (Å²) in [7, 11) is 0. The van der Waals surface area contributed by atoms with Crippen molar-refractivity contribution in [3.63, 3.8) is 0 Å². The van der Waals surface area contributed by atoms with Gasteiger partial charge in [0.05, 0.1) is 22.5 Å². The van der Waals surface area contributed by atoms with Crippen LogP contribution < -0.4 is 40.2 Å². The number of rotatable bonds is 0. The minimum Gasteiger partial charge on any atom is -0.487 e. The molecule has 4 amide bonds. The minimum absolute atomic E-state index is 0.109. The molecule has 1 aliphatic heterocycles. The highest BCUT2D eigenvalue weighted by molar-refractivity contribution is 5.99. The van der Waals surface area contributed by atoms with Gasteiger partial charge in [-0.15, -0.1) is 0 Å². The highest BCUT2D eigenvalue weighted by Crippen LogP contribution is 2.26. The lowest BCUT2D eigenvalue weighted by molar-refractivity contribution is -0.118. The van der Waals surface area contributed by atoms with E-state index < -0.39 is 23.6 Å². The first kappa shape index (κ1) is 33.1. The van der Waals surface area contributed by atoms with Gasteiger partial charge in [-0.05, 0) is 60.7 Å². The number of hydrogen-bond acceptors (Lipinski definition) is 8. The zero-order valence-corrected chi connectivity index (χ0v) is 25.9. The lowest BCUT2D eigenvalue weighted by atomic mass is 10.2. The van der Waals surface area contributed by atoms with E-state index in [-0.39, 0.29) is 62.1 Å². The Bertz CT molecular complexity index is 1660. The molecule has 0 saturated carbocycles. The zero-order chi connectivity index (χ0) is 33.6. The smallest absolute Gasteiger partial charge is 0.262 e. The molecule has 0 aliphatic carbocycles. The van der Waals surface area contributed by atoms with Crippen LogP contribution in [0.2, 0.25) is 0 Å². The number of ether oxygens (including phenoxy) is 4. The minimum atomic E-state index is -0.448. The van der Waals surface area contributed by atoms with Crippen LogP contribution >= 0.6 is 0 Å². The first-order valence-electron chi connectivity index (χ1n) is 15.2. The number of para-hydroxylation sites is 6. The number of amides is 4. The molecule has 246 valence electrons. The molecule has 48 heavy (non-hydrogen) atoms. The highest BCUT2D eigenvalue weighted by atomic mass is 16.5. The van der Waals surface area contributed by atoms with E-state index in [9.17, 15) is 19.2 Å². The predicted octanol–water partition coefficient (Wildman–Crippen LogP) is 4.21. The quantitative estimate of drug-likeness (QED) is 0.207. The Hall–Kier alpha value is -6.30. The highest BCUT2D eigenvalue weighted by Gasteiger charge is 2.17. The summed E-state index contributed by atoms with van der Waals surface area (Å²) in [5.74, 6) is -0.436. The van der Waals surface area contributed by atoms with Crippen LogP contribution in [0.5, 0.6) is 23.0 Å². The fraction of sp³-hybridized carbons (Fsp3) is 0.167. The predicted molar refractivity (Wildman–Crippen MR) is 179 cm³/mol. The normalized spacial score (nSPS) is 15.8. The van der Waals surface area contributed by atoms with Gasteiger partial charge in [-0.1, -0.05) is 48.5 Å². The van der Waals surface area contributed by atoms with Gasteiger partial charge in [0.25, 0.3) is 23.6 Å². The third-order valence-electron chi connectivity index (χ3n) is 6.84. The van der Waals surface area contributed by atoms with Crippen molar-refractivity contribution in [2.75, 3.05) is 50.2 Å². The van der Waals surface area contributed by atoms with Crippen molar-refractivity contribution in [2.45, 2.75) is 0 Å². The van der Waals surface area contributed by atoms with E-state index in [1.54, 1.807) is 109 Å². The lowest BCUT2D eigenvalue weighted by Crippen LogP contribution is -2.35. The molecule has 0 aromatic heterocycles. The van der Waals surface area contributed by atoms with E-state index in [2.05, 4.69) is 21.3 Å². The van der Waals surface area contributed by atoms with Crippen LogP contribution in [-0.2, 0) is 9.59 Å². The maximum atomic E-state index is 13.0. The van der Waals surface area contributed by atoms with Gasteiger partial charge < -0.3 is 40.2 Å². The molecule has 12 heteroatoms. The number of hydrogen-bond donors (Lipinski definition) is 4. The van der Waals surface area contributed by atoms with Crippen molar-refractivity contribution in [2.24, 2.45) is 0 Å². The van der Waals surface area contributed by atoms with Gasteiger partial charge in [-0.25, -0.2) is 0 Å². The molecule has 1 aliphatic rings. The largest absolute Gasteiger partial charge is 0.487 e. The molecule has 0 bridgehead atoms. The summed E-state index contributed by atoms with van der Waals surface area (Å²) in [4.78, 5) is 51.5. The first-order chi connectivity index (χ1) is 23.5. The van der Waals surface area contributed by atoms with E-state index in [4.69, 9.17) is 18.9 Å². The second-order valence-corrected chi connectivity index (χ2v) is 10.3. The summed E-state index contributed by atoms with van der Waals surface area (Å²) in [6.07, 6.45) is 3.53. The first-order valence-corrected chi connectivity index (χ1v) is 15.2. The van der Waals surface area contributed by atoms with E-state index in [1.807, 2.05) is 0 Å². The lowest BCUT2D eigenvalue weighted by Gasteiger charge is -2.15. The number of benzene rings is 4. The van der Waals surface area contributed by atoms with Crippen molar-refractivity contribution in [1.29, 1.82) is 0 Å². The van der Waals surface area contributed by atoms with Crippen LogP contribution in [0, 0.1) is 0 Å². The van der Waals surface area contributed by atoms with Crippen molar-refractivity contribution < 1.29 is 38.1 Å². The summed E-state index contributed by atoms with van der Waals surface area (Å²) in [6.45, 7) is -0.0872. The Kier molecular flexibility index (Phi) is 11.6. The van der Waals surface area contributed by atoms with Crippen molar-refractivity contribution >= 4 is 35.0 Å². The third-order valence-corrected chi connectivity index (χ3v) is 6.84. The third kappa shape index (κ3) is 9.36. The van der Waals surface area contributed by atoms with Gasteiger partial charge in [-0.3, -0.25) is 19.2 Å². The van der Waals surface area contributed by atoms with E-state index in [0.29, 0.717) is 22.9 Å². The van der Waals surface area contributed by atoms with Crippen LogP contribution in [0.1, 0.15) is 20.7 Å². The molecule has 12 nitrogen and oxygen atoms in total. The average molecular weight is 651 g/mol. The maximum absolute atomic E-state index is 13.0. The number of fused-ring (bicyclic) bond motifs is 4. The van der Waals surface area contributed by atoms with Crippen LogP contribution in [0.25, 0.3) is 0 Å². The molecular formula is C36H34N4O8. The van der Waals surface area contributed by atoms with Crippen molar-refractivity contribution in [3.8, 4) is 23.0 Å². The molecule has 0 radical (unpaired) electrons. The Morgan fingerprint density at radius 3 is 1.25 bits per heavy atom. The maximum Gasteiger partial charge on any atom is 0.262 e. The molecule has 0 saturated heterocycles. The molecule has 5 rings (SSSR count). The summed E-state index contributed by atoms with van der Waals surface area (Å²) in [6, 6.07) is 27.0. The van der Waals surface area contributed by atoms with Gasteiger partial charge in [0.15, 0.2) is 13.2 Å². The monoisotopic (exact) mass is 650 g/mol.